The molecule has 1 aliphatic rings. The second-order valence-electron chi connectivity index (χ2n) is 5.66. The molecule has 7 heteroatoms. The van der Waals surface area contributed by atoms with Gasteiger partial charge in [-0.3, -0.25) is 9.59 Å². The molecule has 1 heterocycles. The highest BCUT2D eigenvalue weighted by Crippen LogP contribution is 2.29. The number of anilines is 2. The Morgan fingerprint density at radius 1 is 1.45 bits per heavy atom. The van der Waals surface area contributed by atoms with Gasteiger partial charge in [-0.1, -0.05) is 13.3 Å². The molecule has 1 aliphatic heterocycles. The van der Waals surface area contributed by atoms with Gasteiger partial charge in [0, 0.05) is 12.1 Å². The largest absolute Gasteiger partial charge is 0.326 e. The molecule has 0 radical (unpaired) electrons. The molecule has 2 amide bonds. The molecule has 122 valence electrons. The molecule has 0 aliphatic carbocycles. The fraction of sp³-hybridized carbons (Fsp3) is 0.467. The number of fused-ring (bicyclic) bond motifs is 1. The number of rotatable bonds is 4. The zero-order valence-corrected chi connectivity index (χ0v) is 13.5. The van der Waals surface area contributed by atoms with Gasteiger partial charge in [-0.05, 0) is 37.5 Å². The molecule has 22 heavy (non-hydrogen) atoms. The van der Waals surface area contributed by atoms with Gasteiger partial charge in [0.1, 0.15) is 5.82 Å². The van der Waals surface area contributed by atoms with E-state index in [1.54, 1.807) is 6.92 Å². The third-order valence-electron chi connectivity index (χ3n) is 3.62. The van der Waals surface area contributed by atoms with Gasteiger partial charge in [-0.2, -0.15) is 0 Å². The topological polar surface area (TPSA) is 84.2 Å². The van der Waals surface area contributed by atoms with E-state index in [0.29, 0.717) is 24.9 Å². The Kier molecular flexibility index (Phi) is 5.91. The minimum absolute atomic E-state index is 0. The van der Waals surface area contributed by atoms with E-state index in [2.05, 4.69) is 10.6 Å². The predicted molar refractivity (Wildman–Crippen MR) is 86.7 cm³/mol. The Morgan fingerprint density at radius 3 is 2.77 bits per heavy atom. The van der Waals surface area contributed by atoms with Crippen LogP contribution < -0.4 is 16.4 Å². The fourth-order valence-corrected chi connectivity index (χ4v) is 2.39. The van der Waals surface area contributed by atoms with Crippen molar-refractivity contribution in [3.63, 3.8) is 0 Å². The molecule has 0 fully saturated rings. The number of hydrogen-bond acceptors (Lipinski definition) is 3. The molecule has 0 aromatic heterocycles. The fourth-order valence-electron chi connectivity index (χ4n) is 2.39. The lowest BCUT2D eigenvalue weighted by atomic mass is 9.96. The van der Waals surface area contributed by atoms with Crippen LogP contribution in [0.3, 0.4) is 0 Å². The van der Waals surface area contributed by atoms with E-state index < -0.39 is 17.3 Å². The Labute approximate surface area is 135 Å². The van der Waals surface area contributed by atoms with Crippen molar-refractivity contribution in [3.8, 4) is 0 Å². The maximum absolute atomic E-state index is 14.0. The van der Waals surface area contributed by atoms with E-state index in [4.69, 9.17) is 5.73 Å². The number of nitrogens with one attached hydrogen (secondary N) is 2. The third kappa shape index (κ3) is 3.96. The lowest BCUT2D eigenvalue weighted by Crippen LogP contribution is -2.48. The highest BCUT2D eigenvalue weighted by molar-refractivity contribution is 5.99. The second kappa shape index (κ2) is 7.07. The first kappa shape index (κ1) is 18.4. The molecular formula is C15H21ClFN3O2. The van der Waals surface area contributed by atoms with Gasteiger partial charge in [0.25, 0.3) is 0 Å². The minimum Gasteiger partial charge on any atom is -0.326 e. The first-order valence-corrected chi connectivity index (χ1v) is 7.06. The third-order valence-corrected chi connectivity index (χ3v) is 3.62. The number of nitrogens with two attached hydrogens (primary N) is 1. The van der Waals surface area contributed by atoms with Gasteiger partial charge in [-0.15, -0.1) is 12.4 Å². The lowest BCUT2D eigenvalue weighted by molar-refractivity contribution is -0.121. The molecule has 2 rings (SSSR count). The number of halogens is 2. The molecule has 0 saturated carbocycles. The van der Waals surface area contributed by atoms with Gasteiger partial charge in [0.15, 0.2) is 0 Å². The quantitative estimate of drug-likeness (QED) is 0.793. The molecule has 5 nitrogen and oxygen atoms in total. The van der Waals surface area contributed by atoms with Crippen LogP contribution in [0, 0.1) is 5.82 Å². The van der Waals surface area contributed by atoms with E-state index in [0.717, 1.165) is 12.0 Å². The smallest absolute Gasteiger partial charge is 0.244 e. The summed E-state index contributed by atoms with van der Waals surface area (Å²) in [5.74, 6) is -1.07. The summed E-state index contributed by atoms with van der Waals surface area (Å²) in [5.41, 5.74) is 6.17. The van der Waals surface area contributed by atoms with Crippen LogP contribution in [0.2, 0.25) is 0 Å². The second-order valence-corrected chi connectivity index (χ2v) is 5.66. The normalized spacial score (nSPS) is 15.9. The molecular weight excluding hydrogens is 309 g/mol. The Hall–Kier alpha value is -1.66. The summed E-state index contributed by atoms with van der Waals surface area (Å²) in [7, 11) is 0. The predicted octanol–water partition coefficient (Wildman–Crippen LogP) is 2.59. The zero-order valence-electron chi connectivity index (χ0n) is 12.7. The molecule has 4 N–H and O–H groups in total. The van der Waals surface area contributed by atoms with Crippen molar-refractivity contribution in [1.82, 2.24) is 0 Å². The Morgan fingerprint density at radius 2 is 2.14 bits per heavy atom. The number of carbonyl (C=O) groups excluding carboxylic acids is 2. The SMILES string of the molecule is CCCC(C)(N)C(=O)Nc1cc2c(cc1F)CCC(=O)N2.Cl. The van der Waals surface area contributed by atoms with E-state index in [9.17, 15) is 14.0 Å². The summed E-state index contributed by atoms with van der Waals surface area (Å²) in [6, 6.07) is 2.79. The van der Waals surface area contributed by atoms with Gasteiger partial charge in [-0.25, -0.2) is 4.39 Å². The monoisotopic (exact) mass is 329 g/mol. The molecule has 1 unspecified atom stereocenters. The van der Waals surface area contributed by atoms with Crippen molar-refractivity contribution in [3.05, 3.63) is 23.5 Å². The van der Waals surface area contributed by atoms with Gasteiger partial charge < -0.3 is 16.4 Å². The zero-order chi connectivity index (χ0) is 15.6. The summed E-state index contributed by atoms with van der Waals surface area (Å²) in [5, 5.41) is 5.19. The average molecular weight is 330 g/mol. The molecule has 1 aromatic carbocycles. The standard InChI is InChI=1S/C15H20FN3O2.ClH/c1-3-6-15(2,17)14(21)19-12-8-11-9(7-10(12)16)4-5-13(20)18-11;/h7-8H,3-6,17H2,1-2H3,(H,18,20)(H,19,21);1H. The molecule has 0 saturated heterocycles. The Balaban J connectivity index is 0.00000242. The maximum atomic E-state index is 14.0. The van der Waals surface area contributed by atoms with Crippen molar-refractivity contribution in [2.45, 2.75) is 45.1 Å². The summed E-state index contributed by atoms with van der Waals surface area (Å²) in [4.78, 5) is 23.5. The van der Waals surface area contributed by atoms with Crippen molar-refractivity contribution in [1.29, 1.82) is 0 Å². The highest BCUT2D eigenvalue weighted by atomic mass is 35.5. The summed E-state index contributed by atoms with van der Waals surface area (Å²) in [6.07, 6.45) is 2.09. The van der Waals surface area contributed by atoms with Crippen LogP contribution in [-0.2, 0) is 16.0 Å². The minimum atomic E-state index is -1.06. The van der Waals surface area contributed by atoms with E-state index in [1.165, 1.54) is 12.1 Å². The lowest BCUT2D eigenvalue weighted by Gasteiger charge is -2.24. The van der Waals surface area contributed by atoms with Crippen LogP contribution in [-0.4, -0.2) is 17.4 Å². The Bertz CT molecular complexity index is 590. The van der Waals surface area contributed by atoms with Crippen LogP contribution in [0.5, 0.6) is 0 Å². The van der Waals surface area contributed by atoms with E-state index in [-0.39, 0.29) is 24.0 Å². The van der Waals surface area contributed by atoms with E-state index in [1.807, 2.05) is 6.92 Å². The molecule has 0 bridgehead atoms. The van der Waals surface area contributed by atoms with Gasteiger partial charge in [0.2, 0.25) is 11.8 Å². The molecule has 1 atom stereocenters. The summed E-state index contributed by atoms with van der Waals surface area (Å²) in [6.45, 7) is 3.54. The highest BCUT2D eigenvalue weighted by Gasteiger charge is 2.28. The van der Waals surface area contributed by atoms with Crippen molar-refractivity contribution >= 4 is 35.6 Å². The average Bonchev–Trinajstić information content (AvgIpc) is 2.40. The summed E-state index contributed by atoms with van der Waals surface area (Å²) >= 11 is 0. The van der Waals surface area contributed by atoms with Crippen molar-refractivity contribution in [2.75, 3.05) is 10.6 Å². The van der Waals surface area contributed by atoms with Crippen LogP contribution >= 0.6 is 12.4 Å². The van der Waals surface area contributed by atoms with Crippen LogP contribution in [0.15, 0.2) is 12.1 Å². The number of amides is 2. The van der Waals surface area contributed by atoms with E-state index >= 15 is 0 Å². The number of carbonyl (C=O) groups is 2. The number of benzene rings is 1. The van der Waals surface area contributed by atoms with Crippen LogP contribution in [0.4, 0.5) is 15.8 Å². The first-order valence-electron chi connectivity index (χ1n) is 7.06. The number of aryl methyl sites for hydroxylation is 1. The van der Waals surface area contributed by atoms with Gasteiger partial charge in [0.05, 0.1) is 11.2 Å². The first-order chi connectivity index (χ1) is 9.83. The van der Waals surface area contributed by atoms with Gasteiger partial charge >= 0.3 is 0 Å². The van der Waals surface area contributed by atoms with Crippen molar-refractivity contribution in [2.24, 2.45) is 5.73 Å². The number of hydrogen-bond donors (Lipinski definition) is 3. The molecule has 1 aromatic rings. The van der Waals surface area contributed by atoms with Crippen LogP contribution in [0.1, 0.15) is 38.7 Å². The maximum Gasteiger partial charge on any atom is 0.244 e. The van der Waals surface area contributed by atoms with Crippen LogP contribution in [0.25, 0.3) is 0 Å². The molecule has 0 spiro atoms. The van der Waals surface area contributed by atoms with Crippen molar-refractivity contribution < 1.29 is 14.0 Å². The summed E-state index contributed by atoms with van der Waals surface area (Å²) < 4.78 is 14.0.